The molecule has 0 aromatic carbocycles. The molecule has 1 aromatic heterocycles. The molecular weight excluding hydrogens is 372 g/mol. The van der Waals surface area contributed by atoms with Gasteiger partial charge in [-0.25, -0.2) is 0 Å². The Morgan fingerprint density at radius 2 is 1.93 bits per heavy atom. The Balaban J connectivity index is 1.86. The average molecular weight is 405 g/mol. The maximum absolute atomic E-state index is 12.8. The summed E-state index contributed by atoms with van der Waals surface area (Å²) in [6.45, 7) is 7.69. The number of fused-ring (bicyclic) bond motifs is 4. The Morgan fingerprint density at radius 1 is 1.21 bits per heavy atom. The van der Waals surface area contributed by atoms with E-state index in [9.17, 15) is 14.7 Å². The van der Waals surface area contributed by atoms with Crippen molar-refractivity contribution in [3.05, 3.63) is 23.7 Å². The van der Waals surface area contributed by atoms with Crippen molar-refractivity contribution in [3.63, 3.8) is 0 Å². The van der Waals surface area contributed by atoms with Gasteiger partial charge in [0.2, 0.25) is 0 Å². The van der Waals surface area contributed by atoms with Crippen LogP contribution in [0.2, 0.25) is 0 Å². The largest absolute Gasteiger partial charge is 0.469 e. The van der Waals surface area contributed by atoms with Crippen LogP contribution in [0.15, 0.2) is 16.7 Å². The van der Waals surface area contributed by atoms with Crippen molar-refractivity contribution in [1.29, 1.82) is 0 Å². The van der Waals surface area contributed by atoms with Crippen LogP contribution in [-0.2, 0) is 25.5 Å². The molecule has 3 aliphatic rings. The number of methoxy groups -OCH3 is 1. The zero-order valence-corrected chi connectivity index (χ0v) is 18.0. The van der Waals surface area contributed by atoms with E-state index >= 15 is 0 Å². The molecule has 4 rings (SSSR count). The maximum atomic E-state index is 12.8. The van der Waals surface area contributed by atoms with Gasteiger partial charge in [-0.3, -0.25) is 9.59 Å². The van der Waals surface area contributed by atoms with E-state index in [1.165, 1.54) is 14.0 Å². The van der Waals surface area contributed by atoms with E-state index in [0.29, 0.717) is 19.3 Å². The van der Waals surface area contributed by atoms with Crippen molar-refractivity contribution < 1.29 is 28.6 Å². The summed E-state index contributed by atoms with van der Waals surface area (Å²) >= 11 is 0. The van der Waals surface area contributed by atoms with E-state index in [2.05, 4.69) is 20.8 Å². The molecule has 2 saturated carbocycles. The van der Waals surface area contributed by atoms with Gasteiger partial charge in [-0.05, 0) is 49.0 Å². The molecule has 1 aromatic rings. The second-order valence-electron chi connectivity index (χ2n) is 9.98. The molecule has 0 spiro atoms. The molecular formula is C23H32O6. The van der Waals surface area contributed by atoms with E-state index < -0.39 is 23.0 Å². The predicted octanol–water partition coefficient (Wildman–Crippen LogP) is 3.61. The van der Waals surface area contributed by atoms with Gasteiger partial charge in [0.15, 0.2) is 0 Å². The van der Waals surface area contributed by atoms with Gasteiger partial charge in [0.1, 0.15) is 11.9 Å². The number of furan rings is 1. The Kier molecular flexibility index (Phi) is 4.65. The van der Waals surface area contributed by atoms with Gasteiger partial charge in [0.05, 0.1) is 24.9 Å². The Hall–Kier alpha value is -1.82. The highest BCUT2D eigenvalue weighted by Crippen LogP contribution is 2.67. The summed E-state index contributed by atoms with van der Waals surface area (Å²) in [6.07, 6.45) is 4.60. The smallest absolute Gasteiger partial charge is 0.313 e. The van der Waals surface area contributed by atoms with Crippen molar-refractivity contribution in [2.45, 2.75) is 77.4 Å². The second-order valence-corrected chi connectivity index (χ2v) is 9.98. The Morgan fingerprint density at radius 3 is 2.59 bits per heavy atom. The predicted molar refractivity (Wildman–Crippen MR) is 105 cm³/mol. The first kappa shape index (κ1) is 20.5. The second kappa shape index (κ2) is 6.59. The van der Waals surface area contributed by atoms with Crippen LogP contribution in [0.4, 0.5) is 0 Å². The molecule has 0 aliphatic heterocycles. The molecule has 2 fully saturated rings. The molecule has 1 N–H and O–H groups in total. The quantitative estimate of drug-likeness (QED) is 0.758. The molecule has 29 heavy (non-hydrogen) atoms. The van der Waals surface area contributed by atoms with Crippen molar-refractivity contribution in [2.24, 2.45) is 22.7 Å². The first-order valence-electron chi connectivity index (χ1n) is 10.6. The minimum atomic E-state index is -1.01. The van der Waals surface area contributed by atoms with Gasteiger partial charge in [-0.1, -0.05) is 20.8 Å². The van der Waals surface area contributed by atoms with Crippen molar-refractivity contribution >= 4 is 11.9 Å². The van der Waals surface area contributed by atoms with Gasteiger partial charge < -0.3 is 19.0 Å². The molecule has 160 valence electrons. The Bertz CT molecular complexity index is 825. The highest BCUT2D eigenvalue weighted by molar-refractivity contribution is 5.79. The summed E-state index contributed by atoms with van der Waals surface area (Å²) in [4.78, 5) is 24.7. The molecule has 6 heteroatoms. The Labute approximate surface area is 171 Å². The first-order valence-corrected chi connectivity index (χ1v) is 10.6. The number of ether oxygens (including phenoxy) is 2. The topological polar surface area (TPSA) is 86.0 Å². The SMILES string of the molecule is COC(=O)C1c2ccoc2CC2C1CCC1(O)C(C)(C)CCC(OC(C)=O)C21C. The number of hydrogen-bond acceptors (Lipinski definition) is 6. The summed E-state index contributed by atoms with van der Waals surface area (Å²) in [5.74, 6) is -0.304. The van der Waals surface area contributed by atoms with E-state index in [1.807, 2.05) is 6.07 Å². The van der Waals surface area contributed by atoms with Crippen LogP contribution in [0.1, 0.15) is 70.6 Å². The first-order chi connectivity index (χ1) is 13.6. The zero-order chi connectivity index (χ0) is 21.2. The van der Waals surface area contributed by atoms with Crippen LogP contribution in [0, 0.1) is 22.7 Å². The van der Waals surface area contributed by atoms with Crippen molar-refractivity contribution in [2.75, 3.05) is 7.11 Å². The van der Waals surface area contributed by atoms with Crippen LogP contribution in [0.25, 0.3) is 0 Å². The van der Waals surface area contributed by atoms with Gasteiger partial charge in [-0.15, -0.1) is 0 Å². The minimum Gasteiger partial charge on any atom is -0.469 e. The highest BCUT2D eigenvalue weighted by Gasteiger charge is 2.70. The van der Waals surface area contributed by atoms with Gasteiger partial charge in [-0.2, -0.15) is 0 Å². The summed E-state index contributed by atoms with van der Waals surface area (Å²) in [5.41, 5.74) is -1.14. The van der Waals surface area contributed by atoms with E-state index in [-0.39, 0.29) is 29.2 Å². The third-order valence-corrected chi connectivity index (χ3v) is 8.55. The lowest BCUT2D eigenvalue weighted by Crippen LogP contribution is -2.71. The lowest BCUT2D eigenvalue weighted by molar-refractivity contribution is -0.280. The van der Waals surface area contributed by atoms with Crippen molar-refractivity contribution in [1.82, 2.24) is 0 Å². The highest BCUT2D eigenvalue weighted by atomic mass is 16.5. The van der Waals surface area contributed by atoms with E-state index in [1.54, 1.807) is 6.26 Å². The minimum absolute atomic E-state index is 0.00443. The normalized spacial score (nSPS) is 40.2. The molecule has 6 atom stereocenters. The van der Waals surface area contributed by atoms with E-state index in [0.717, 1.165) is 24.2 Å². The molecule has 0 bridgehead atoms. The summed E-state index contributed by atoms with van der Waals surface area (Å²) in [6, 6.07) is 1.87. The zero-order valence-electron chi connectivity index (χ0n) is 18.0. The fourth-order valence-corrected chi connectivity index (χ4v) is 6.97. The molecule has 3 aliphatic carbocycles. The number of carbonyl (C=O) groups is 2. The summed E-state index contributed by atoms with van der Waals surface area (Å²) in [7, 11) is 1.41. The number of hydrogen-bond donors (Lipinski definition) is 1. The van der Waals surface area contributed by atoms with Gasteiger partial charge >= 0.3 is 11.9 Å². The fraction of sp³-hybridized carbons (Fsp3) is 0.739. The summed E-state index contributed by atoms with van der Waals surface area (Å²) < 4.78 is 16.7. The van der Waals surface area contributed by atoms with Crippen LogP contribution in [0.5, 0.6) is 0 Å². The van der Waals surface area contributed by atoms with Crippen LogP contribution in [-0.4, -0.2) is 35.9 Å². The van der Waals surface area contributed by atoms with Gasteiger partial charge in [0.25, 0.3) is 0 Å². The van der Waals surface area contributed by atoms with Crippen LogP contribution in [0.3, 0.4) is 0 Å². The maximum Gasteiger partial charge on any atom is 0.313 e. The number of aliphatic hydroxyl groups is 1. The number of esters is 2. The molecule has 6 unspecified atom stereocenters. The molecule has 1 heterocycles. The number of rotatable bonds is 2. The lowest BCUT2D eigenvalue weighted by atomic mass is 9.40. The molecule has 0 amide bonds. The third-order valence-electron chi connectivity index (χ3n) is 8.55. The number of carbonyl (C=O) groups excluding carboxylic acids is 2. The fourth-order valence-electron chi connectivity index (χ4n) is 6.97. The van der Waals surface area contributed by atoms with Crippen LogP contribution >= 0.6 is 0 Å². The molecule has 6 nitrogen and oxygen atoms in total. The average Bonchev–Trinajstić information content (AvgIpc) is 3.13. The third kappa shape index (κ3) is 2.64. The van der Waals surface area contributed by atoms with Gasteiger partial charge in [0, 0.05) is 24.3 Å². The monoisotopic (exact) mass is 404 g/mol. The lowest BCUT2D eigenvalue weighted by Gasteiger charge is -2.67. The van der Waals surface area contributed by atoms with Crippen LogP contribution < -0.4 is 0 Å². The summed E-state index contributed by atoms with van der Waals surface area (Å²) in [5, 5.41) is 12.1. The standard InChI is InChI=1S/C23H32O6/c1-13(24)29-18-7-9-21(2,3)23(26)10-6-14-16(22(18,23)4)12-17-15(8-11-28-17)19(14)20(25)27-5/h8,11,14,16,18-19,26H,6-7,9-10,12H2,1-5H3. The molecule has 0 radical (unpaired) electrons. The van der Waals surface area contributed by atoms with Crippen molar-refractivity contribution in [3.8, 4) is 0 Å². The molecule has 0 saturated heterocycles. The van der Waals surface area contributed by atoms with E-state index in [4.69, 9.17) is 13.9 Å².